The van der Waals surface area contributed by atoms with E-state index in [2.05, 4.69) is 5.92 Å². The number of hydrogen-bond donors (Lipinski definition) is 0. The van der Waals surface area contributed by atoms with E-state index in [4.69, 9.17) is 15.9 Å². The highest BCUT2D eigenvalue weighted by atomic mass is 16.6. The SMILES string of the molecule is C#C[C@@H](CCOC(=O)C(C)(C)C)OC(=O)c1ccccc1. The molecule has 1 atom stereocenters. The average Bonchev–Trinajstić information content (AvgIpc) is 2.45. The van der Waals surface area contributed by atoms with Crippen molar-refractivity contribution in [3.05, 3.63) is 35.9 Å². The van der Waals surface area contributed by atoms with Gasteiger partial charge in [-0.2, -0.15) is 0 Å². The molecule has 0 saturated carbocycles. The highest BCUT2D eigenvalue weighted by Gasteiger charge is 2.23. The Hall–Kier alpha value is -2.28. The molecule has 0 fully saturated rings. The van der Waals surface area contributed by atoms with Crippen LogP contribution in [0.3, 0.4) is 0 Å². The first-order valence-corrected chi connectivity index (χ1v) is 6.74. The molecular weight excluding hydrogens is 268 g/mol. The summed E-state index contributed by atoms with van der Waals surface area (Å²) < 4.78 is 10.3. The summed E-state index contributed by atoms with van der Waals surface area (Å²) >= 11 is 0. The van der Waals surface area contributed by atoms with Crippen LogP contribution in [0.15, 0.2) is 30.3 Å². The van der Waals surface area contributed by atoms with E-state index in [1.54, 1.807) is 51.1 Å². The van der Waals surface area contributed by atoms with Crippen LogP contribution in [0.25, 0.3) is 0 Å². The monoisotopic (exact) mass is 288 g/mol. The third-order valence-corrected chi connectivity index (χ3v) is 2.67. The van der Waals surface area contributed by atoms with Crippen molar-refractivity contribution >= 4 is 11.9 Å². The second kappa shape index (κ2) is 7.49. The molecule has 0 aliphatic rings. The normalized spacial score (nSPS) is 12.1. The predicted molar refractivity (Wildman–Crippen MR) is 79.5 cm³/mol. The molecule has 0 bridgehead atoms. The molecule has 0 N–H and O–H groups in total. The van der Waals surface area contributed by atoms with Gasteiger partial charge in [-0.05, 0) is 32.9 Å². The molecule has 0 aliphatic carbocycles. The summed E-state index contributed by atoms with van der Waals surface area (Å²) in [5, 5.41) is 0. The maximum Gasteiger partial charge on any atom is 0.339 e. The number of rotatable bonds is 5. The van der Waals surface area contributed by atoms with E-state index in [9.17, 15) is 9.59 Å². The van der Waals surface area contributed by atoms with E-state index in [1.165, 1.54) is 0 Å². The quantitative estimate of drug-likeness (QED) is 0.617. The highest BCUT2D eigenvalue weighted by molar-refractivity contribution is 5.89. The molecule has 0 amide bonds. The Morgan fingerprint density at radius 3 is 2.38 bits per heavy atom. The summed E-state index contributed by atoms with van der Waals surface area (Å²) in [6.45, 7) is 5.42. The lowest BCUT2D eigenvalue weighted by Crippen LogP contribution is -2.25. The van der Waals surface area contributed by atoms with Crippen LogP contribution in [0.5, 0.6) is 0 Å². The molecule has 1 rings (SSSR count). The van der Waals surface area contributed by atoms with Gasteiger partial charge in [0.2, 0.25) is 0 Å². The zero-order valence-electron chi connectivity index (χ0n) is 12.6. The minimum Gasteiger partial charge on any atom is -0.465 e. The van der Waals surface area contributed by atoms with Gasteiger partial charge in [-0.25, -0.2) is 4.79 Å². The Balaban J connectivity index is 2.45. The third-order valence-electron chi connectivity index (χ3n) is 2.67. The van der Waals surface area contributed by atoms with Gasteiger partial charge in [0, 0.05) is 6.42 Å². The van der Waals surface area contributed by atoms with Crippen LogP contribution in [0, 0.1) is 17.8 Å². The van der Waals surface area contributed by atoms with E-state index in [-0.39, 0.29) is 19.0 Å². The predicted octanol–water partition coefficient (Wildman–Crippen LogP) is 2.82. The second-order valence-corrected chi connectivity index (χ2v) is 5.60. The Morgan fingerprint density at radius 2 is 1.86 bits per heavy atom. The standard InChI is InChI=1S/C17H20O4/c1-5-14(11-12-20-16(19)17(2,3)4)21-15(18)13-9-7-6-8-10-13/h1,6-10,14H,11-12H2,2-4H3/t14-/m0/s1. The molecule has 4 heteroatoms. The molecule has 4 nitrogen and oxygen atoms in total. The lowest BCUT2D eigenvalue weighted by Gasteiger charge is -2.18. The first-order valence-electron chi connectivity index (χ1n) is 6.74. The van der Waals surface area contributed by atoms with E-state index >= 15 is 0 Å². The van der Waals surface area contributed by atoms with Crippen LogP contribution in [-0.2, 0) is 14.3 Å². The average molecular weight is 288 g/mol. The third kappa shape index (κ3) is 5.70. The molecule has 0 aromatic heterocycles. The number of carbonyl (C=O) groups is 2. The lowest BCUT2D eigenvalue weighted by molar-refractivity contribution is -0.153. The van der Waals surface area contributed by atoms with Gasteiger partial charge in [0.25, 0.3) is 0 Å². The maximum atomic E-state index is 11.8. The summed E-state index contributed by atoms with van der Waals surface area (Å²) in [4.78, 5) is 23.4. The van der Waals surface area contributed by atoms with E-state index in [1.807, 2.05) is 0 Å². The van der Waals surface area contributed by atoms with Crippen molar-refractivity contribution in [1.82, 2.24) is 0 Å². The van der Waals surface area contributed by atoms with Gasteiger partial charge in [-0.1, -0.05) is 24.1 Å². The van der Waals surface area contributed by atoms with Crippen molar-refractivity contribution in [2.45, 2.75) is 33.3 Å². The summed E-state index contributed by atoms with van der Waals surface area (Å²) in [5.74, 6) is 1.58. The minimum absolute atomic E-state index is 0.118. The van der Waals surface area contributed by atoms with E-state index in [0.29, 0.717) is 5.56 Å². The molecule has 0 aliphatic heterocycles. The number of esters is 2. The van der Waals surface area contributed by atoms with Gasteiger partial charge in [-0.15, -0.1) is 6.42 Å². The molecule has 0 saturated heterocycles. The summed E-state index contributed by atoms with van der Waals surface area (Å²) in [5.41, 5.74) is -0.128. The molecule has 0 heterocycles. The molecule has 0 unspecified atom stereocenters. The zero-order chi connectivity index (χ0) is 15.9. The fourth-order valence-corrected chi connectivity index (χ4v) is 1.42. The van der Waals surface area contributed by atoms with Crippen molar-refractivity contribution in [3.8, 4) is 12.3 Å². The molecule has 21 heavy (non-hydrogen) atoms. The lowest BCUT2D eigenvalue weighted by atomic mass is 9.97. The fourth-order valence-electron chi connectivity index (χ4n) is 1.42. The van der Waals surface area contributed by atoms with Gasteiger partial charge in [0.05, 0.1) is 17.6 Å². The molecular formula is C17H20O4. The minimum atomic E-state index is -0.717. The number of carbonyl (C=O) groups excluding carboxylic acids is 2. The van der Waals surface area contributed by atoms with Gasteiger partial charge >= 0.3 is 11.9 Å². The fraction of sp³-hybridized carbons (Fsp3) is 0.412. The number of ether oxygens (including phenoxy) is 2. The number of terminal acetylenes is 1. The van der Waals surface area contributed by atoms with Gasteiger partial charge in [0.1, 0.15) is 0 Å². The van der Waals surface area contributed by atoms with Gasteiger partial charge in [0.15, 0.2) is 6.10 Å². The van der Waals surface area contributed by atoms with Crippen LogP contribution in [0.4, 0.5) is 0 Å². The Morgan fingerprint density at radius 1 is 1.24 bits per heavy atom. The molecule has 1 aromatic rings. The Bertz CT molecular complexity index is 520. The van der Waals surface area contributed by atoms with Crippen LogP contribution < -0.4 is 0 Å². The molecule has 112 valence electrons. The van der Waals surface area contributed by atoms with E-state index in [0.717, 1.165) is 0 Å². The van der Waals surface area contributed by atoms with Crippen molar-refractivity contribution in [2.24, 2.45) is 5.41 Å². The summed E-state index contributed by atoms with van der Waals surface area (Å²) in [7, 11) is 0. The zero-order valence-corrected chi connectivity index (χ0v) is 12.6. The maximum absolute atomic E-state index is 11.8. The Kier molecular flexibility index (Phi) is 5.98. The number of benzene rings is 1. The van der Waals surface area contributed by atoms with Crippen LogP contribution in [0.2, 0.25) is 0 Å². The van der Waals surface area contributed by atoms with Crippen molar-refractivity contribution in [2.75, 3.05) is 6.61 Å². The van der Waals surface area contributed by atoms with Crippen LogP contribution >= 0.6 is 0 Å². The number of hydrogen-bond acceptors (Lipinski definition) is 4. The van der Waals surface area contributed by atoms with Crippen LogP contribution in [-0.4, -0.2) is 24.6 Å². The summed E-state index contributed by atoms with van der Waals surface area (Å²) in [6.07, 6.45) is 4.89. The van der Waals surface area contributed by atoms with Gasteiger partial charge < -0.3 is 9.47 Å². The van der Waals surface area contributed by atoms with Crippen LogP contribution in [0.1, 0.15) is 37.6 Å². The molecule has 1 aromatic carbocycles. The topological polar surface area (TPSA) is 52.6 Å². The Labute approximate surface area is 125 Å². The highest BCUT2D eigenvalue weighted by Crippen LogP contribution is 2.15. The smallest absolute Gasteiger partial charge is 0.339 e. The largest absolute Gasteiger partial charge is 0.465 e. The first kappa shape index (κ1) is 16.8. The summed E-state index contributed by atoms with van der Waals surface area (Å²) in [6, 6.07) is 8.59. The van der Waals surface area contributed by atoms with E-state index < -0.39 is 17.5 Å². The van der Waals surface area contributed by atoms with Gasteiger partial charge in [-0.3, -0.25) is 4.79 Å². The molecule has 0 radical (unpaired) electrons. The molecule has 0 spiro atoms. The first-order chi connectivity index (χ1) is 9.84. The second-order valence-electron chi connectivity index (χ2n) is 5.60. The van der Waals surface area contributed by atoms with Crippen molar-refractivity contribution in [1.29, 1.82) is 0 Å². The van der Waals surface area contributed by atoms with Crippen molar-refractivity contribution in [3.63, 3.8) is 0 Å². The van der Waals surface area contributed by atoms with Crippen molar-refractivity contribution < 1.29 is 19.1 Å².